The molecule has 6 nitrogen and oxygen atoms in total. The molecular weight excluding hydrogens is 392 g/mol. The molecule has 0 radical (unpaired) electrons. The summed E-state index contributed by atoms with van der Waals surface area (Å²) in [7, 11) is 0. The summed E-state index contributed by atoms with van der Waals surface area (Å²) in [6, 6.07) is 9.95. The molecule has 0 aliphatic heterocycles. The van der Waals surface area contributed by atoms with Crippen LogP contribution in [0, 0.1) is 17.3 Å². The van der Waals surface area contributed by atoms with Gasteiger partial charge in [-0.25, -0.2) is 0 Å². The van der Waals surface area contributed by atoms with Crippen LogP contribution in [0.4, 0.5) is 0 Å². The van der Waals surface area contributed by atoms with Crippen LogP contribution in [0.15, 0.2) is 30.3 Å². The molecule has 0 spiro atoms. The minimum absolute atomic E-state index is 0.0541. The standard InChI is InChI=1S/C25H34N2O4/c1-3-9-26-22(29)17(2)27-21(28)15-31-23(30)25-13-18-10-19(14-25)12-24(11-18,16-25)20-7-5-4-6-8-20/h4-8,17-19H,3,9-16H2,1-2H3,(H,26,29)(H,27,28)/t17-,18-,19+,24?,25?/m1/s1. The Morgan fingerprint density at radius 3 is 2.42 bits per heavy atom. The molecule has 2 amide bonds. The molecule has 31 heavy (non-hydrogen) atoms. The van der Waals surface area contributed by atoms with Crippen LogP contribution in [0.2, 0.25) is 0 Å². The van der Waals surface area contributed by atoms with Crippen molar-refractivity contribution >= 4 is 17.8 Å². The van der Waals surface area contributed by atoms with Crippen molar-refractivity contribution in [2.45, 2.75) is 70.3 Å². The fourth-order valence-electron chi connectivity index (χ4n) is 6.66. The van der Waals surface area contributed by atoms with Crippen molar-refractivity contribution in [3.8, 4) is 0 Å². The van der Waals surface area contributed by atoms with Gasteiger partial charge in [0, 0.05) is 6.54 Å². The third-order valence-corrected chi connectivity index (χ3v) is 7.53. The zero-order chi connectivity index (χ0) is 22.1. The van der Waals surface area contributed by atoms with Crippen LogP contribution >= 0.6 is 0 Å². The van der Waals surface area contributed by atoms with E-state index in [-0.39, 0.29) is 23.9 Å². The lowest BCUT2D eigenvalue weighted by molar-refractivity contribution is -0.175. The summed E-state index contributed by atoms with van der Waals surface area (Å²) in [6.07, 6.45) is 6.88. The van der Waals surface area contributed by atoms with Gasteiger partial charge >= 0.3 is 5.97 Å². The molecule has 168 valence electrons. The maximum Gasteiger partial charge on any atom is 0.312 e. The van der Waals surface area contributed by atoms with Gasteiger partial charge in [0.25, 0.3) is 5.91 Å². The summed E-state index contributed by atoms with van der Waals surface area (Å²) in [5.74, 6) is 0.192. The fourth-order valence-corrected chi connectivity index (χ4v) is 6.66. The third-order valence-electron chi connectivity index (χ3n) is 7.53. The van der Waals surface area contributed by atoms with Crippen molar-refractivity contribution in [2.75, 3.05) is 13.2 Å². The maximum atomic E-state index is 13.3. The monoisotopic (exact) mass is 426 g/mol. The zero-order valence-corrected chi connectivity index (χ0v) is 18.6. The van der Waals surface area contributed by atoms with E-state index in [0.717, 1.165) is 38.5 Å². The molecular formula is C25H34N2O4. The van der Waals surface area contributed by atoms with Crippen molar-refractivity contribution < 1.29 is 19.1 Å². The Bertz CT molecular complexity index is 823. The number of ether oxygens (including phenoxy) is 1. The van der Waals surface area contributed by atoms with E-state index >= 15 is 0 Å². The van der Waals surface area contributed by atoms with Crippen molar-refractivity contribution in [1.82, 2.24) is 10.6 Å². The molecule has 4 aliphatic carbocycles. The molecule has 2 unspecified atom stereocenters. The first-order chi connectivity index (χ1) is 14.9. The van der Waals surface area contributed by atoms with Crippen LogP contribution in [-0.4, -0.2) is 37.0 Å². The Labute approximate surface area is 184 Å². The Kier molecular flexibility index (Phi) is 6.09. The number of amides is 2. The number of benzene rings is 1. The lowest BCUT2D eigenvalue weighted by atomic mass is 9.43. The van der Waals surface area contributed by atoms with Gasteiger partial charge in [-0.05, 0) is 74.7 Å². The van der Waals surface area contributed by atoms with Gasteiger partial charge in [0.15, 0.2) is 6.61 Å². The van der Waals surface area contributed by atoms with E-state index in [1.807, 2.05) is 13.0 Å². The van der Waals surface area contributed by atoms with Gasteiger partial charge < -0.3 is 15.4 Å². The molecule has 2 N–H and O–H groups in total. The highest BCUT2D eigenvalue weighted by Crippen LogP contribution is 2.66. The summed E-state index contributed by atoms with van der Waals surface area (Å²) in [4.78, 5) is 37.5. The quantitative estimate of drug-likeness (QED) is 0.626. The second kappa shape index (κ2) is 8.64. The number of rotatable bonds is 8. The van der Waals surface area contributed by atoms with Crippen molar-refractivity contribution in [1.29, 1.82) is 0 Å². The van der Waals surface area contributed by atoms with E-state index in [1.54, 1.807) is 6.92 Å². The molecule has 0 heterocycles. The topological polar surface area (TPSA) is 84.5 Å². The Balaban J connectivity index is 1.39. The summed E-state index contributed by atoms with van der Waals surface area (Å²) in [5, 5.41) is 5.37. The second-order valence-corrected chi connectivity index (χ2v) is 10.0. The van der Waals surface area contributed by atoms with Gasteiger partial charge in [-0.3, -0.25) is 14.4 Å². The Hall–Kier alpha value is -2.37. The average Bonchev–Trinajstić information content (AvgIpc) is 2.75. The first kappa shape index (κ1) is 21.8. The van der Waals surface area contributed by atoms with E-state index in [0.29, 0.717) is 18.4 Å². The normalized spacial score (nSPS) is 31.7. The van der Waals surface area contributed by atoms with Crippen molar-refractivity contribution in [2.24, 2.45) is 17.3 Å². The van der Waals surface area contributed by atoms with Crippen LogP contribution in [0.5, 0.6) is 0 Å². The van der Waals surface area contributed by atoms with Crippen LogP contribution in [0.25, 0.3) is 0 Å². The number of hydrogen-bond acceptors (Lipinski definition) is 4. The van der Waals surface area contributed by atoms with Gasteiger partial charge in [0.2, 0.25) is 5.91 Å². The van der Waals surface area contributed by atoms with Crippen LogP contribution in [0.1, 0.15) is 64.4 Å². The van der Waals surface area contributed by atoms with E-state index < -0.39 is 17.4 Å². The van der Waals surface area contributed by atoms with Gasteiger partial charge in [0.05, 0.1) is 5.41 Å². The highest BCUT2D eigenvalue weighted by Gasteiger charge is 2.61. The molecule has 5 rings (SSSR count). The fraction of sp³-hybridized carbons (Fsp3) is 0.640. The van der Waals surface area contributed by atoms with E-state index in [2.05, 4.69) is 34.9 Å². The summed E-state index contributed by atoms with van der Waals surface area (Å²) < 4.78 is 5.55. The predicted octanol–water partition coefficient (Wildman–Crippen LogP) is 3.10. The lowest BCUT2D eigenvalue weighted by Gasteiger charge is -2.61. The predicted molar refractivity (Wildman–Crippen MR) is 117 cm³/mol. The molecule has 0 aromatic heterocycles. The average molecular weight is 427 g/mol. The largest absolute Gasteiger partial charge is 0.455 e. The molecule has 4 saturated carbocycles. The Morgan fingerprint density at radius 1 is 1.10 bits per heavy atom. The van der Waals surface area contributed by atoms with Crippen molar-refractivity contribution in [3.05, 3.63) is 35.9 Å². The van der Waals surface area contributed by atoms with Gasteiger partial charge in [0.1, 0.15) is 6.04 Å². The van der Waals surface area contributed by atoms with Gasteiger partial charge in [-0.1, -0.05) is 37.3 Å². The smallest absolute Gasteiger partial charge is 0.312 e. The van der Waals surface area contributed by atoms with Crippen LogP contribution in [0.3, 0.4) is 0 Å². The molecule has 4 fully saturated rings. The van der Waals surface area contributed by atoms with E-state index in [9.17, 15) is 14.4 Å². The van der Waals surface area contributed by atoms with Crippen LogP contribution in [-0.2, 0) is 24.5 Å². The number of nitrogens with one attached hydrogen (secondary N) is 2. The summed E-state index contributed by atoms with van der Waals surface area (Å²) in [6.45, 7) is 3.84. The van der Waals surface area contributed by atoms with Gasteiger partial charge in [-0.2, -0.15) is 0 Å². The van der Waals surface area contributed by atoms with Gasteiger partial charge in [-0.15, -0.1) is 0 Å². The number of carbonyl (C=O) groups excluding carboxylic acids is 3. The molecule has 5 atom stereocenters. The minimum Gasteiger partial charge on any atom is -0.455 e. The van der Waals surface area contributed by atoms with Crippen LogP contribution < -0.4 is 10.6 Å². The maximum absolute atomic E-state index is 13.3. The Morgan fingerprint density at radius 2 is 1.77 bits per heavy atom. The number of esters is 1. The third kappa shape index (κ3) is 4.35. The zero-order valence-electron chi connectivity index (χ0n) is 18.6. The highest BCUT2D eigenvalue weighted by atomic mass is 16.5. The molecule has 1 aromatic rings. The second-order valence-electron chi connectivity index (χ2n) is 10.0. The van der Waals surface area contributed by atoms with E-state index in [1.165, 1.54) is 12.0 Å². The number of hydrogen-bond donors (Lipinski definition) is 2. The minimum atomic E-state index is -0.654. The van der Waals surface area contributed by atoms with Crippen molar-refractivity contribution in [3.63, 3.8) is 0 Å². The first-order valence-electron chi connectivity index (χ1n) is 11.7. The summed E-state index contributed by atoms with van der Waals surface area (Å²) >= 11 is 0. The molecule has 4 aliphatic rings. The lowest BCUT2D eigenvalue weighted by Crippen LogP contribution is -2.57. The molecule has 1 aromatic carbocycles. The summed E-state index contributed by atoms with van der Waals surface area (Å²) in [5.41, 5.74) is 0.911. The molecule has 4 bridgehead atoms. The van der Waals surface area contributed by atoms with E-state index in [4.69, 9.17) is 4.74 Å². The number of carbonyl (C=O) groups is 3. The highest BCUT2D eigenvalue weighted by molar-refractivity contribution is 5.89. The SMILES string of the molecule is CCCNC(=O)[C@@H](C)NC(=O)COC(=O)C12C[C@H]3C[C@@H](C1)CC(c1ccccc1)(C3)C2. The molecule has 6 heteroatoms. The molecule has 0 saturated heterocycles. The first-order valence-corrected chi connectivity index (χ1v) is 11.7.